The van der Waals surface area contributed by atoms with Crippen molar-refractivity contribution in [2.24, 2.45) is 0 Å². The Morgan fingerprint density at radius 3 is 2.27 bits per heavy atom. The van der Waals surface area contributed by atoms with Crippen LogP contribution in [0.15, 0.2) is 36.0 Å². The Kier molecular flexibility index (Phi) is 5.54. The van der Waals surface area contributed by atoms with E-state index in [9.17, 15) is 0 Å². The molecule has 0 aromatic rings. The summed E-state index contributed by atoms with van der Waals surface area (Å²) in [4.78, 5) is 0. The molecule has 0 saturated heterocycles. The molecule has 0 unspecified atom stereocenters. The highest BCUT2D eigenvalue weighted by molar-refractivity contribution is 5.17. The van der Waals surface area contributed by atoms with Gasteiger partial charge in [-0.1, -0.05) is 42.9 Å². The lowest BCUT2D eigenvalue weighted by Crippen LogP contribution is -1.73. The number of rotatable bonds is 4. The van der Waals surface area contributed by atoms with Gasteiger partial charge in [-0.3, -0.25) is 0 Å². The van der Waals surface area contributed by atoms with Crippen molar-refractivity contribution in [3.8, 4) is 0 Å². The first-order chi connectivity index (χ1) is 5.20. The van der Waals surface area contributed by atoms with E-state index in [0.29, 0.717) is 0 Å². The summed E-state index contributed by atoms with van der Waals surface area (Å²) in [5, 5.41) is 0. The molecule has 0 N–H and O–H groups in total. The minimum atomic E-state index is 1.04. The molecule has 0 aromatic heterocycles. The first-order valence-corrected chi connectivity index (χ1v) is 4.15. The monoisotopic (exact) mass is 150 g/mol. The highest BCUT2D eigenvalue weighted by atomic mass is 13.9. The molecule has 0 radical (unpaired) electrons. The van der Waals surface area contributed by atoms with Crippen LogP contribution in [-0.4, -0.2) is 0 Å². The summed E-state index contributed by atoms with van der Waals surface area (Å²) in [5.74, 6) is 0. The van der Waals surface area contributed by atoms with Gasteiger partial charge >= 0.3 is 0 Å². The van der Waals surface area contributed by atoms with Crippen LogP contribution in [-0.2, 0) is 0 Å². The summed E-state index contributed by atoms with van der Waals surface area (Å²) >= 11 is 0. The third-order valence-electron chi connectivity index (χ3n) is 1.58. The number of hydrogen-bond acceptors (Lipinski definition) is 0. The van der Waals surface area contributed by atoms with E-state index in [-0.39, 0.29) is 0 Å². The highest BCUT2D eigenvalue weighted by Gasteiger charge is 1.83. The highest BCUT2D eigenvalue weighted by Crippen LogP contribution is 2.04. The van der Waals surface area contributed by atoms with Crippen LogP contribution in [0, 0.1) is 0 Å². The lowest BCUT2D eigenvalue weighted by molar-refractivity contribution is 1.12. The molecule has 0 amide bonds. The molecular formula is C11H18. The van der Waals surface area contributed by atoms with Crippen LogP contribution < -0.4 is 0 Å². The van der Waals surface area contributed by atoms with E-state index in [1.807, 2.05) is 6.08 Å². The van der Waals surface area contributed by atoms with Gasteiger partial charge in [0.2, 0.25) is 0 Å². The van der Waals surface area contributed by atoms with Crippen LogP contribution >= 0.6 is 0 Å². The molecule has 62 valence electrons. The van der Waals surface area contributed by atoms with Gasteiger partial charge in [0.25, 0.3) is 0 Å². The standard InChI is InChI=1S/C11H18/c1-5-11(6-2)9-7-8-10(3)4/h5,8-9H,1,6-7H2,2-4H3. The van der Waals surface area contributed by atoms with Crippen molar-refractivity contribution in [3.63, 3.8) is 0 Å². The maximum absolute atomic E-state index is 3.74. The predicted molar refractivity (Wildman–Crippen MR) is 52.6 cm³/mol. The molecule has 0 bridgehead atoms. The van der Waals surface area contributed by atoms with Crippen molar-refractivity contribution in [2.45, 2.75) is 33.6 Å². The molecule has 0 spiro atoms. The molecule has 0 aliphatic carbocycles. The average molecular weight is 150 g/mol. The number of allylic oxidation sites excluding steroid dienone is 5. The lowest BCUT2D eigenvalue weighted by atomic mass is 10.1. The fraction of sp³-hybridized carbons (Fsp3) is 0.455. The van der Waals surface area contributed by atoms with Gasteiger partial charge in [-0.05, 0) is 26.7 Å². The maximum Gasteiger partial charge on any atom is -0.0161 e. The van der Waals surface area contributed by atoms with Crippen LogP contribution in [0.5, 0.6) is 0 Å². The van der Waals surface area contributed by atoms with Crippen LogP contribution in [0.3, 0.4) is 0 Å². The molecule has 0 aromatic carbocycles. The molecule has 0 heterocycles. The van der Waals surface area contributed by atoms with Crippen molar-refractivity contribution >= 4 is 0 Å². The number of hydrogen-bond donors (Lipinski definition) is 0. The summed E-state index contributed by atoms with van der Waals surface area (Å²) in [6.07, 6.45) is 8.50. The van der Waals surface area contributed by atoms with Gasteiger partial charge < -0.3 is 0 Å². The second kappa shape index (κ2) is 5.96. The molecule has 0 rings (SSSR count). The second-order valence-electron chi connectivity index (χ2n) is 2.85. The molecule has 0 fully saturated rings. The first-order valence-electron chi connectivity index (χ1n) is 4.15. The molecule has 11 heavy (non-hydrogen) atoms. The van der Waals surface area contributed by atoms with Gasteiger partial charge in [0.1, 0.15) is 0 Å². The molecular weight excluding hydrogens is 132 g/mol. The molecule has 0 nitrogen and oxygen atoms in total. The summed E-state index contributed by atoms with van der Waals surface area (Å²) in [6.45, 7) is 10.1. The molecule has 0 atom stereocenters. The van der Waals surface area contributed by atoms with Crippen LogP contribution in [0.25, 0.3) is 0 Å². The Balaban J connectivity index is 3.89. The largest absolute Gasteiger partial charge is 0.0988 e. The minimum absolute atomic E-state index is 1.04. The van der Waals surface area contributed by atoms with E-state index >= 15 is 0 Å². The zero-order valence-electron chi connectivity index (χ0n) is 7.85. The fourth-order valence-electron chi connectivity index (χ4n) is 0.818. The van der Waals surface area contributed by atoms with Crippen molar-refractivity contribution in [1.82, 2.24) is 0 Å². The molecule has 0 saturated carbocycles. The topological polar surface area (TPSA) is 0 Å². The summed E-state index contributed by atoms with van der Waals surface area (Å²) < 4.78 is 0. The van der Waals surface area contributed by atoms with E-state index in [1.165, 1.54) is 11.1 Å². The third-order valence-corrected chi connectivity index (χ3v) is 1.58. The van der Waals surface area contributed by atoms with E-state index in [2.05, 4.69) is 39.5 Å². The summed E-state index contributed by atoms with van der Waals surface area (Å²) in [5.41, 5.74) is 2.71. The Labute approximate surface area is 70.3 Å². The van der Waals surface area contributed by atoms with Crippen molar-refractivity contribution < 1.29 is 0 Å². The van der Waals surface area contributed by atoms with E-state index in [1.54, 1.807) is 0 Å². The smallest absolute Gasteiger partial charge is 0.0161 e. The SMILES string of the molecule is C=CC(=CCC=C(C)C)CC. The van der Waals surface area contributed by atoms with Gasteiger partial charge in [-0.15, -0.1) is 0 Å². The van der Waals surface area contributed by atoms with Crippen molar-refractivity contribution in [3.05, 3.63) is 36.0 Å². The van der Waals surface area contributed by atoms with Crippen molar-refractivity contribution in [2.75, 3.05) is 0 Å². The zero-order valence-corrected chi connectivity index (χ0v) is 7.85. The Bertz CT molecular complexity index is 166. The van der Waals surface area contributed by atoms with E-state index in [4.69, 9.17) is 0 Å². The van der Waals surface area contributed by atoms with Crippen molar-refractivity contribution in [1.29, 1.82) is 0 Å². The van der Waals surface area contributed by atoms with Gasteiger partial charge in [-0.25, -0.2) is 0 Å². The van der Waals surface area contributed by atoms with Crippen LogP contribution in [0.1, 0.15) is 33.6 Å². The van der Waals surface area contributed by atoms with Gasteiger partial charge in [0.15, 0.2) is 0 Å². The maximum atomic E-state index is 3.74. The van der Waals surface area contributed by atoms with Crippen LogP contribution in [0.2, 0.25) is 0 Å². The minimum Gasteiger partial charge on any atom is -0.0988 e. The third kappa shape index (κ3) is 5.65. The average Bonchev–Trinajstić information content (AvgIpc) is 1.98. The summed E-state index contributed by atoms with van der Waals surface area (Å²) in [7, 11) is 0. The molecule has 0 heteroatoms. The Hall–Kier alpha value is -0.780. The van der Waals surface area contributed by atoms with Gasteiger partial charge in [0.05, 0.1) is 0 Å². The van der Waals surface area contributed by atoms with Crippen LogP contribution in [0.4, 0.5) is 0 Å². The predicted octanol–water partition coefficient (Wildman–Crippen LogP) is 3.87. The first kappa shape index (κ1) is 10.2. The van der Waals surface area contributed by atoms with E-state index < -0.39 is 0 Å². The van der Waals surface area contributed by atoms with Gasteiger partial charge in [-0.2, -0.15) is 0 Å². The Morgan fingerprint density at radius 2 is 1.91 bits per heavy atom. The molecule has 0 aliphatic heterocycles. The second-order valence-corrected chi connectivity index (χ2v) is 2.85. The van der Waals surface area contributed by atoms with Gasteiger partial charge in [0, 0.05) is 0 Å². The zero-order chi connectivity index (χ0) is 8.69. The van der Waals surface area contributed by atoms with E-state index in [0.717, 1.165) is 12.8 Å². The normalized spacial score (nSPS) is 11.0. The Morgan fingerprint density at radius 1 is 1.27 bits per heavy atom. The quantitative estimate of drug-likeness (QED) is 0.421. The summed E-state index contributed by atoms with van der Waals surface area (Å²) in [6, 6.07) is 0. The fourth-order valence-corrected chi connectivity index (χ4v) is 0.818. The molecule has 0 aliphatic rings. The lowest BCUT2D eigenvalue weighted by Gasteiger charge is -1.93.